The quantitative estimate of drug-likeness (QED) is 0.820. The molecule has 1 aromatic heterocycles. The number of carbonyl (C=O) groups excluding carboxylic acids is 1. The van der Waals surface area contributed by atoms with Crippen LogP contribution < -0.4 is 0 Å². The summed E-state index contributed by atoms with van der Waals surface area (Å²) in [6.45, 7) is 1.99. The number of hydrogen-bond donors (Lipinski definition) is 1. The Kier molecular flexibility index (Phi) is 3.66. The number of aryl methyl sites for hydroxylation is 1. The Labute approximate surface area is 104 Å². The zero-order valence-electron chi connectivity index (χ0n) is 10.3. The first-order valence-corrected chi connectivity index (χ1v) is 5.58. The molecule has 1 unspecified atom stereocenters. The summed E-state index contributed by atoms with van der Waals surface area (Å²) in [5.41, 5.74) is 2.08. The van der Waals surface area contributed by atoms with Gasteiger partial charge in [-0.15, -0.1) is 10.2 Å². The molecule has 0 fully saturated rings. The normalized spacial score (nSPS) is 12.1. The molecule has 1 heterocycles. The second-order valence-electron chi connectivity index (χ2n) is 3.96. The highest BCUT2D eigenvalue weighted by Gasteiger charge is 2.23. The van der Waals surface area contributed by atoms with Crippen LogP contribution in [0.15, 0.2) is 24.3 Å². The zero-order valence-corrected chi connectivity index (χ0v) is 10.3. The highest BCUT2D eigenvalue weighted by Crippen LogP contribution is 2.27. The summed E-state index contributed by atoms with van der Waals surface area (Å²) in [6, 6.07) is 7.82. The zero-order chi connectivity index (χ0) is 13.0. The molecule has 6 nitrogen and oxygen atoms in total. The van der Waals surface area contributed by atoms with Crippen LogP contribution in [0.4, 0.5) is 0 Å². The largest absolute Gasteiger partial charge is 0.469 e. The van der Waals surface area contributed by atoms with E-state index in [1.165, 1.54) is 7.11 Å². The standard InChI is InChI=1S/C12H14N4O2/c1-8-5-3-4-6-9(8)10(7-11(17)18-2)12-13-15-16-14-12/h3-6,10H,7H2,1-2H3,(H,13,14,15,16). The van der Waals surface area contributed by atoms with Crippen LogP contribution in [-0.4, -0.2) is 33.7 Å². The number of hydrogen-bond acceptors (Lipinski definition) is 5. The van der Waals surface area contributed by atoms with Crippen molar-refractivity contribution in [3.8, 4) is 0 Å². The second kappa shape index (κ2) is 5.39. The summed E-state index contributed by atoms with van der Waals surface area (Å²) >= 11 is 0. The number of aromatic nitrogens is 4. The molecular formula is C12H14N4O2. The maximum Gasteiger partial charge on any atom is 0.306 e. The van der Waals surface area contributed by atoms with E-state index in [4.69, 9.17) is 4.74 Å². The number of tetrazole rings is 1. The maximum atomic E-state index is 11.5. The van der Waals surface area contributed by atoms with Gasteiger partial charge in [-0.25, -0.2) is 0 Å². The van der Waals surface area contributed by atoms with Gasteiger partial charge >= 0.3 is 5.97 Å². The van der Waals surface area contributed by atoms with E-state index in [0.717, 1.165) is 11.1 Å². The Balaban J connectivity index is 2.36. The van der Waals surface area contributed by atoms with Crippen molar-refractivity contribution < 1.29 is 9.53 Å². The van der Waals surface area contributed by atoms with Crippen LogP contribution in [0.25, 0.3) is 0 Å². The summed E-state index contributed by atoms with van der Waals surface area (Å²) in [4.78, 5) is 11.5. The lowest BCUT2D eigenvalue weighted by molar-refractivity contribution is -0.140. The molecule has 0 aliphatic rings. The SMILES string of the molecule is COC(=O)CC(c1nn[nH]n1)c1ccccc1C. The number of ether oxygens (including phenoxy) is 1. The van der Waals surface area contributed by atoms with Gasteiger partial charge in [0.25, 0.3) is 0 Å². The number of nitrogens with zero attached hydrogens (tertiary/aromatic N) is 3. The number of benzene rings is 1. The molecule has 0 aliphatic heterocycles. The highest BCUT2D eigenvalue weighted by atomic mass is 16.5. The molecule has 6 heteroatoms. The van der Waals surface area contributed by atoms with Crippen molar-refractivity contribution in [1.29, 1.82) is 0 Å². The van der Waals surface area contributed by atoms with Gasteiger partial charge in [0.2, 0.25) is 0 Å². The molecule has 0 amide bonds. The van der Waals surface area contributed by atoms with Crippen molar-refractivity contribution in [2.24, 2.45) is 0 Å². The summed E-state index contributed by atoms with van der Waals surface area (Å²) < 4.78 is 4.72. The third-order valence-electron chi connectivity index (χ3n) is 2.84. The molecule has 1 aromatic carbocycles. The fourth-order valence-electron chi connectivity index (χ4n) is 1.89. The monoisotopic (exact) mass is 246 g/mol. The van der Waals surface area contributed by atoms with Crippen molar-refractivity contribution in [1.82, 2.24) is 20.6 Å². The van der Waals surface area contributed by atoms with Crippen LogP contribution in [-0.2, 0) is 9.53 Å². The number of nitrogens with one attached hydrogen (secondary N) is 1. The van der Waals surface area contributed by atoms with E-state index in [-0.39, 0.29) is 18.3 Å². The molecule has 0 spiro atoms. The number of rotatable bonds is 4. The minimum absolute atomic E-state index is 0.195. The molecule has 0 radical (unpaired) electrons. The van der Waals surface area contributed by atoms with E-state index >= 15 is 0 Å². The van der Waals surface area contributed by atoms with E-state index in [1.54, 1.807) is 0 Å². The van der Waals surface area contributed by atoms with E-state index in [0.29, 0.717) is 5.82 Å². The van der Waals surface area contributed by atoms with Gasteiger partial charge in [0.15, 0.2) is 5.82 Å². The number of aromatic amines is 1. The predicted octanol–water partition coefficient (Wildman–Crippen LogP) is 1.20. The number of H-pyrrole nitrogens is 1. The lowest BCUT2D eigenvalue weighted by atomic mass is 9.91. The molecule has 0 saturated carbocycles. The predicted molar refractivity (Wildman–Crippen MR) is 63.8 cm³/mol. The van der Waals surface area contributed by atoms with Gasteiger partial charge in [0.1, 0.15) is 0 Å². The van der Waals surface area contributed by atoms with Crippen LogP contribution in [0.5, 0.6) is 0 Å². The Morgan fingerprint density at radius 3 is 2.83 bits per heavy atom. The number of esters is 1. The van der Waals surface area contributed by atoms with Gasteiger partial charge in [0, 0.05) is 0 Å². The summed E-state index contributed by atoms with van der Waals surface area (Å²) in [5.74, 6) is -0.0415. The first kappa shape index (κ1) is 12.2. The summed E-state index contributed by atoms with van der Waals surface area (Å²) in [6.07, 6.45) is 0.195. The third-order valence-corrected chi connectivity index (χ3v) is 2.84. The summed E-state index contributed by atoms with van der Waals surface area (Å²) in [7, 11) is 1.37. The molecule has 1 atom stereocenters. The van der Waals surface area contributed by atoms with E-state index in [2.05, 4.69) is 20.6 Å². The van der Waals surface area contributed by atoms with Gasteiger partial charge in [-0.2, -0.15) is 5.21 Å². The van der Waals surface area contributed by atoms with Crippen molar-refractivity contribution in [2.75, 3.05) is 7.11 Å². The maximum absolute atomic E-state index is 11.5. The van der Waals surface area contributed by atoms with Crippen molar-refractivity contribution >= 4 is 5.97 Å². The molecule has 0 saturated heterocycles. The topological polar surface area (TPSA) is 80.8 Å². The fraction of sp³-hybridized carbons (Fsp3) is 0.333. The van der Waals surface area contributed by atoms with E-state index in [9.17, 15) is 4.79 Å². The minimum Gasteiger partial charge on any atom is -0.469 e. The van der Waals surface area contributed by atoms with E-state index < -0.39 is 0 Å². The molecule has 2 aromatic rings. The smallest absolute Gasteiger partial charge is 0.306 e. The van der Waals surface area contributed by atoms with Crippen LogP contribution >= 0.6 is 0 Å². The van der Waals surface area contributed by atoms with Gasteiger partial charge < -0.3 is 4.74 Å². The van der Waals surface area contributed by atoms with Crippen molar-refractivity contribution in [3.05, 3.63) is 41.2 Å². The fourth-order valence-corrected chi connectivity index (χ4v) is 1.89. The van der Waals surface area contributed by atoms with Crippen LogP contribution in [0.2, 0.25) is 0 Å². The highest BCUT2D eigenvalue weighted by molar-refractivity contribution is 5.71. The number of carbonyl (C=O) groups is 1. The molecular weight excluding hydrogens is 232 g/mol. The average molecular weight is 246 g/mol. The Bertz CT molecular complexity index is 525. The Morgan fingerprint density at radius 2 is 2.22 bits per heavy atom. The Morgan fingerprint density at radius 1 is 1.44 bits per heavy atom. The van der Waals surface area contributed by atoms with Crippen molar-refractivity contribution in [3.63, 3.8) is 0 Å². The molecule has 0 bridgehead atoms. The van der Waals surface area contributed by atoms with Crippen LogP contribution in [0.3, 0.4) is 0 Å². The van der Waals surface area contributed by atoms with Gasteiger partial charge in [-0.05, 0) is 18.1 Å². The third kappa shape index (κ3) is 2.53. The van der Waals surface area contributed by atoms with Gasteiger partial charge in [-0.3, -0.25) is 4.79 Å². The molecule has 94 valence electrons. The van der Waals surface area contributed by atoms with E-state index in [1.807, 2.05) is 31.2 Å². The molecule has 2 rings (SSSR count). The second-order valence-corrected chi connectivity index (χ2v) is 3.96. The molecule has 0 aliphatic carbocycles. The van der Waals surface area contributed by atoms with Crippen LogP contribution in [0, 0.1) is 6.92 Å². The lowest BCUT2D eigenvalue weighted by Crippen LogP contribution is -2.12. The summed E-state index contributed by atoms with van der Waals surface area (Å²) in [5, 5.41) is 13.9. The Hall–Kier alpha value is -2.24. The lowest BCUT2D eigenvalue weighted by Gasteiger charge is -2.14. The number of methoxy groups -OCH3 is 1. The van der Waals surface area contributed by atoms with Gasteiger partial charge in [0.05, 0.1) is 19.4 Å². The first-order chi connectivity index (χ1) is 8.72. The molecule has 18 heavy (non-hydrogen) atoms. The first-order valence-electron chi connectivity index (χ1n) is 5.58. The average Bonchev–Trinajstić information content (AvgIpc) is 2.90. The minimum atomic E-state index is -0.298. The van der Waals surface area contributed by atoms with Crippen molar-refractivity contribution in [2.45, 2.75) is 19.3 Å². The van der Waals surface area contributed by atoms with Crippen LogP contribution in [0.1, 0.15) is 29.3 Å². The molecule has 1 N–H and O–H groups in total. The van der Waals surface area contributed by atoms with Gasteiger partial charge in [-0.1, -0.05) is 29.5 Å².